The van der Waals surface area contributed by atoms with Gasteiger partial charge in [-0.15, -0.1) is 0 Å². The van der Waals surface area contributed by atoms with Crippen LogP contribution in [0, 0.1) is 29.7 Å². The van der Waals surface area contributed by atoms with Crippen LogP contribution in [0.1, 0.15) is 84.6 Å². The molecule has 2 aliphatic rings. The van der Waals surface area contributed by atoms with Crippen LogP contribution >= 0.6 is 47.0 Å². The quantitative estimate of drug-likeness (QED) is 0.0526. The summed E-state index contributed by atoms with van der Waals surface area (Å²) in [5, 5.41) is 13.1. The summed E-state index contributed by atoms with van der Waals surface area (Å²) in [4.78, 5) is 47.3. The first-order valence-corrected chi connectivity index (χ1v) is 21.1. The highest BCUT2D eigenvalue weighted by atomic mass is 32.2. The fraction of sp³-hybridized carbons (Fsp3) is 0.341. The number of hydrogen-bond acceptors (Lipinski definition) is 10. The first kappa shape index (κ1) is 40.1. The van der Waals surface area contributed by atoms with Gasteiger partial charge in [0.25, 0.3) is 5.91 Å². The van der Waals surface area contributed by atoms with Gasteiger partial charge < -0.3 is 14.8 Å². The summed E-state index contributed by atoms with van der Waals surface area (Å²) in [6.45, 7) is 16.2. The molecule has 2 heterocycles. The van der Waals surface area contributed by atoms with Crippen LogP contribution in [0.5, 0.6) is 11.5 Å². The maximum Gasteiger partial charge on any atom is 0.314 e. The number of rotatable bonds is 15. The third-order valence-electron chi connectivity index (χ3n) is 8.81. The Morgan fingerprint density at radius 3 is 1.60 bits per heavy atom. The number of unbranched alkanes of at least 4 members (excludes halogenated alkanes) is 2. The van der Waals surface area contributed by atoms with E-state index in [1.54, 1.807) is 24.3 Å². The Labute approximate surface area is 328 Å². The predicted octanol–water partition coefficient (Wildman–Crippen LogP) is 11.9. The Bertz CT molecular complexity index is 1930. The van der Waals surface area contributed by atoms with E-state index in [1.807, 2.05) is 50.2 Å². The van der Waals surface area contributed by atoms with Gasteiger partial charge in [-0.25, -0.2) is 4.85 Å². The monoisotopic (exact) mass is 783 g/mol. The van der Waals surface area contributed by atoms with Gasteiger partial charge in [0, 0.05) is 5.69 Å². The second-order valence-corrected chi connectivity index (χ2v) is 17.0. The third-order valence-corrected chi connectivity index (χ3v) is 14.0. The second-order valence-electron chi connectivity index (χ2n) is 12.4. The number of benzene rings is 3. The number of thioether (sulfide) groups is 4. The number of amides is 1. The number of nitrogens with one attached hydrogen (secondary N) is 1. The zero-order chi connectivity index (χ0) is 37.9. The Balaban J connectivity index is 1.69. The van der Waals surface area contributed by atoms with Crippen LogP contribution in [0.25, 0.3) is 10.5 Å². The average molecular weight is 784 g/mol. The lowest BCUT2D eigenvalue weighted by Crippen LogP contribution is -2.22. The van der Waals surface area contributed by atoms with Crippen LogP contribution < -0.4 is 14.8 Å². The number of carbonyl (C=O) groups excluding carboxylic acids is 3. The molecule has 53 heavy (non-hydrogen) atoms. The number of fused-ring (bicyclic) bond motifs is 2. The summed E-state index contributed by atoms with van der Waals surface area (Å²) in [5.41, 5.74) is 1.60. The van der Waals surface area contributed by atoms with Crippen molar-refractivity contribution in [2.45, 2.75) is 98.6 Å². The molecule has 8 nitrogen and oxygen atoms in total. The van der Waals surface area contributed by atoms with Crippen molar-refractivity contribution in [1.82, 2.24) is 0 Å². The molecule has 2 aliphatic heterocycles. The van der Waals surface area contributed by atoms with E-state index in [4.69, 9.17) is 16.0 Å². The normalized spacial score (nSPS) is 13.9. The summed E-state index contributed by atoms with van der Waals surface area (Å²) in [6, 6.07) is 20.3. The predicted molar refractivity (Wildman–Crippen MR) is 215 cm³/mol. The molecule has 3 aromatic carbocycles. The number of esters is 2. The van der Waals surface area contributed by atoms with Crippen LogP contribution in [0.15, 0.2) is 94.3 Å². The van der Waals surface area contributed by atoms with Gasteiger partial charge in [0.1, 0.15) is 11.6 Å². The largest absolute Gasteiger partial charge is 0.424 e. The van der Waals surface area contributed by atoms with Crippen LogP contribution in [-0.4, -0.2) is 17.8 Å². The molecule has 3 aromatic rings. The van der Waals surface area contributed by atoms with Gasteiger partial charge in [0.15, 0.2) is 11.5 Å². The number of nitrogens with zero attached hydrogens (tertiary/aromatic N) is 2. The van der Waals surface area contributed by atoms with Gasteiger partial charge in [-0.2, -0.15) is 5.26 Å². The van der Waals surface area contributed by atoms with E-state index in [2.05, 4.69) is 30.1 Å². The van der Waals surface area contributed by atoms with E-state index in [0.29, 0.717) is 65.1 Å². The van der Waals surface area contributed by atoms with E-state index in [1.165, 1.54) is 23.5 Å². The van der Waals surface area contributed by atoms with Crippen molar-refractivity contribution in [2.75, 3.05) is 5.32 Å². The van der Waals surface area contributed by atoms with Crippen molar-refractivity contribution < 1.29 is 23.9 Å². The standard InChI is InChI=1S/C41H41N3O5S4/c1-6-10-18-25(8-3)38(46)48-31-33-34(51-40(50-33)29(24-42)37(45)44-28-22-16-13-17-23-28)32(49-39(47)26(9-4)19-11-7-2)36-35(31)52-41(53-36)30(43-5)27-20-14-12-15-21-27/h12-17,20-23,25-26H,6-11,18-19H2,1-4H3,(H,44,45). The number of para-hydroxylation sites is 1. The first-order chi connectivity index (χ1) is 25.8. The van der Waals surface area contributed by atoms with Crippen molar-refractivity contribution in [3.8, 4) is 17.6 Å². The molecule has 1 amide bonds. The molecule has 2 unspecified atom stereocenters. The Morgan fingerprint density at radius 2 is 1.19 bits per heavy atom. The fourth-order valence-electron chi connectivity index (χ4n) is 5.76. The molecule has 0 radical (unpaired) electrons. The molecule has 0 aromatic heterocycles. The molecule has 0 aliphatic carbocycles. The summed E-state index contributed by atoms with van der Waals surface area (Å²) < 4.78 is 13.8. The highest BCUT2D eigenvalue weighted by molar-refractivity contribution is 8.26. The van der Waals surface area contributed by atoms with Crippen LogP contribution in [-0.2, 0) is 14.4 Å². The topological polar surface area (TPSA) is 110 Å². The smallest absolute Gasteiger partial charge is 0.314 e. The second kappa shape index (κ2) is 19.3. The summed E-state index contributed by atoms with van der Waals surface area (Å²) >= 11 is 4.92. The minimum Gasteiger partial charge on any atom is -0.424 e. The van der Waals surface area contributed by atoms with Gasteiger partial charge in [0.2, 0.25) is 5.70 Å². The molecule has 2 atom stereocenters. The highest BCUT2D eigenvalue weighted by Gasteiger charge is 2.41. The van der Waals surface area contributed by atoms with Crippen molar-refractivity contribution in [2.24, 2.45) is 11.8 Å². The van der Waals surface area contributed by atoms with Gasteiger partial charge >= 0.3 is 11.9 Å². The fourth-order valence-corrected chi connectivity index (χ4v) is 11.2. The molecule has 0 saturated carbocycles. The number of carbonyl (C=O) groups is 3. The molecule has 0 bridgehead atoms. The zero-order valence-electron chi connectivity index (χ0n) is 30.2. The van der Waals surface area contributed by atoms with Crippen molar-refractivity contribution in [3.05, 3.63) is 91.7 Å². The lowest BCUT2D eigenvalue weighted by atomic mass is 10.00. The third kappa shape index (κ3) is 9.36. The lowest BCUT2D eigenvalue weighted by Gasteiger charge is -2.20. The van der Waals surface area contributed by atoms with Gasteiger partial charge in [0.05, 0.1) is 46.5 Å². The molecule has 1 N–H and O–H groups in total. The summed E-state index contributed by atoms with van der Waals surface area (Å²) in [5.74, 6) is -1.43. The van der Waals surface area contributed by atoms with E-state index in [9.17, 15) is 19.6 Å². The minimum absolute atomic E-state index is 0.112. The number of anilines is 1. The molecule has 5 rings (SSSR count). The van der Waals surface area contributed by atoms with E-state index in [-0.39, 0.29) is 40.8 Å². The van der Waals surface area contributed by atoms with Crippen LogP contribution in [0.2, 0.25) is 0 Å². The minimum atomic E-state index is -0.583. The number of hydrogen-bond donors (Lipinski definition) is 1. The van der Waals surface area contributed by atoms with Gasteiger partial charge in [-0.3, -0.25) is 14.4 Å². The summed E-state index contributed by atoms with van der Waals surface area (Å²) in [6.07, 6.45) is 6.18. The SMILES string of the molecule is [C-]#[N+]C(=C1Sc2c(OC(=O)C(CC)CCCC)c3c(c(OC(=O)C(CC)CCCC)c2S1)SC(=C(C#N)C(=O)Nc1ccccc1)S3)c1ccccc1. The van der Waals surface area contributed by atoms with Gasteiger partial charge in [-0.05, 0) is 43.4 Å². The molecule has 274 valence electrons. The van der Waals surface area contributed by atoms with Crippen molar-refractivity contribution in [3.63, 3.8) is 0 Å². The number of ether oxygens (including phenoxy) is 2. The van der Waals surface area contributed by atoms with E-state index in [0.717, 1.165) is 54.8 Å². The molecule has 0 fully saturated rings. The Hall–Kier alpha value is -4.07. The molecular formula is C41H41N3O5S4. The molecule has 0 saturated heterocycles. The summed E-state index contributed by atoms with van der Waals surface area (Å²) in [7, 11) is 0. The zero-order valence-corrected chi connectivity index (χ0v) is 33.4. The van der Waals surface area contributed by atoms with E-state index < -0.39 is 5.91 Å². The van der Waals surface area contributed by atoms with Crippen LogP contribution in [0.4, 0.5) is 5.69 Å². The Morgan fingerprint density at radius 1 is 0.736 bits per heavy atom. The van der Waals surface area contributed by atoms with Crippen molar-refractivity contribution in [1.29, 1.82) is 5.26 Å². The van der Waals surface area contributed by atoms with Crippen LogP contribution in [0.3, 0.4) is 0 Å². The molecule has 0 spiro atoms. The first-order valence-electron chi connectivity index (χ1n) is 17.8. The lowest BCUT2D eigenvalue weighted by molar-refractivity contribution is -0.141. The molecule has 12 heteroatoms. The highest BCUT2D eigenvalue weighted by Crippen LogP contribution is 2.69. The Kier molecular flexibility index (Phi) is 14.6. The maximum absolute atomic E-state index is 13.9. The van der Waals surface area contributed by atoms with Gasteiger partial charge in [-0.1, -0.05) is 149 Å². The average Bonchev–Trinajstić information content (AvgIpc) is 3.81. The maximum atomic E-state index is 13.9. The van der Waals surface area contributed by atoms with Crippen molar-refractivity contribution >= 4 is 76.3 Å². The molecular weight excluding hydrogens is 743 g/mol. The number of nitriles is 1. The van der Waals surface area contributed by atoms with E-state index >= 15 is 0 Å².